The summed E-state index contributed by atoms with van der Waals surface area (Å²) in [4.78, 5) is 2.43. The van der Waals surface area contributed by atoms with Crippen LogP contribution in [-0.2, 0) is 6.42 Å². The normalized spacial score (nSPS) is 18.9. The zero-order valence-electron chi connectivity index (χ0n) is 10.6. The van der Waals surface area contributed by atoms with Crippen molar-refractivity contribution in [2.45, 2.75) is 32.7 Å². The molecule has 3 nitrogen and oxygen atoms in total. The van der Waals surface area contributed by atoms with Gasteiger partial charge < -0.3 is 9.84 Å². The molecule has 1 aliphatic rings. The second-order valence-corrected chi connectivity index (χ2v) is 4.55. The van der Waals surface area contributed by atoms with Gasteiger partial charge in [-0.15, -0.1) is 0 Å². The van der Waals surface area contributed by atoms with Crippen molar-refractivity contribution in [2.75, 3.05) is 19.7 Å². The van der Waals surface area contributed by atoms with E-state index in [-0.39, 0.29) is 0 Å². The third-order valence-corrected chi connectivity index (χ3v) is 3.41. The Morgan fingerprint density at radius 1 is 1.41 bits per heavy atom. The number of hydrogen-bond donors (Lipinski definition) is 1. The molecular weight excluding hydrogens is 214 g/mol. The van der Waals surface area contributed by atoms with E-state index in [1.165, 1.54) is 0 Å². The van der Waals surface area contributed by atoms with Gasteiger partial charge in [0.15, 0.2) is 0 Å². The quantitative estimate of drug-likeness (QED) is 0.870. The summed E-state index contributed by atoms with van der Waals surface area (Å²) in [5.74, 6) is 1.20. The second-order valence-electron chi connectivity index (χ2n) is 4.55. The van der Waals surface area contributed by atoms with Crippen LogP contribution in [0, 0.1) is 0 Å². The van der Waals surface area contributed by atoms with Crippen molar-refractivity contribution in [3.8, 4) is 11.5 Å². The molecule has 94 valence electrons. The van der Waals surface area contributed by atoms with Crippen molar-refractivity contribution in [1.29, 1.82) is 0 Å². The van der Waals surface area contributed by atoms with Gasteiger partial charge in [0.25, 0.3) is 0 Å². The van der Waals surface area contributed by atoms with Crippen LogP contribution in [0.15, 0.2) is 18.2 Å². The van der Waals surface area contributed by atoms with Gasteiger partial charge in [0, 0.05) is 11.6 Å². The maximum absolute atomic E-state index is 9.86. The number of rotatable bonds is 4. The van der Waals surface area contributed by atoms with E-state index in [0.29, 0.717) is 11.8 Å². The van der Waals surface area contributed by atoms with E-state index in [1.54, 1.807) is 6.07 Å². The fraction of sp³-hybridized carbons (Fsp3) is 0.571. The molecule has 0 spiro atoms. The molecule has 2 rings (SSSR count). The maximum Gasteiger partial charge on any atom is 0.126 e. The number of phenolic OH excluding ortho intramolecular Hbond substituents is 1. The Kier molecular flexibility index (Phi) is 3.89. The standard InChI is InChI=1S/C14H21NO2/c1-3-8-15(4-2)11-9-12-13(16)6-5-7-14(12)17-10-11/h5-7,11,16H,3-4,8-10H2,1-2H3. The fourth-order valence-corrected chi connectivity index (χ4v) is 2.50. The number of phenols is 1. The Labute approximate surface area is 103 Å². The van der Waals surface area contributed by atoms with Crippen molar-refractivity contribution in [2.24, 2.45) is 0 Å². The lowest BCUT2D eigenvalue weighted by Gasteiger charge is -2.34. The van der Waals surface area contributed by atoms with Crippen molar-refractivity contribution >= 4 is 0 Å². The molecule has 0 radical (unpaired) electrons. The van der Waals surface area contributed by atoms with Crippen molar-refractivity contribution in [1.82, 2.24) is 4.90 Å². The largest absolute Gasteiger partial charge is 0.508 e. The Morgan fingerprint density at radius 3 is 2.94 bits per heavy atom. The molecule has 1 aromatic rings. The van der Waals surface area contributed by atoms with E-state index in [1.807, 2.05) is 12.1 Å². The second kappa shape index (κ2) is 5.41. The minimum absolute atomic E-state index is 0.361. The average Bonchev–Trinajstić information content (AvgIpc) is 2.36. The van der Waals surface area contributed by atoms with E-state index in [0.717, 1.165) is 43.9 Å². The molecule has 1 unspecified atom stereocenters. The molecule has 0 saturated heterocycles. The minimum Gasteiger partial charge on any atom is -0.508 e. The zero-order valence-corrected chi connectivity index (χ0v) is 10.6. The van der Waals surface area contributed by atoms with Crippen LogP contribution in [0.4, 0.5) is 0 Å². The van der Waals surface area contributed by atoms with Gasteiger partial charge in [-0.05, 0) is 38.1 Å². The first-order valence-electron chi connectivity index (χ1n) is 6.44. The summed E-state index contributed by atoms with van der Waals surface area (Å²) in [6.07, 6.45) is 2.04. The molecule has 17 heavy (non-hydrogen) atoms. The number of nitrogens with zero attached hydrogens (tertiary/aromatic N) is 1. The number of aromatic hydroxyl groups is 1. The van der Waals surface area contributed by atoms with Crippen LogP contribution >= 0.6 is 0 Å². The predicted molar refractivity (Wildman–Crippen MR) is 68.6 cm³/mol. The van der Waals surface area contributed by atoms with E-state index in [9.17, 15) is 5.11 Å². The number of hydrogen-bond acceptors (Lipinski definition) is 3. The zero-order chi connectivity index (χ0) is 12.3. The molecule has 1 aliphatic heterocycles. The Hall–Kier alpha value is -1.22. The third kappa shape index (κ3) is 2.55. The maximum atomic E-state index is 9.86. The van der Waals surface area contributed by atoms with Gasteiger partial charge in [0.1, 0.15) is 18.1 Å². The van der Waals surface area contributed by atoms with Crippen LogP contribution < -0.4 is 4.74 Å². The summed E-state index contributed by atoms with van der Waals surface area (Å²) >= 11 is 0. The van der Waals surface area contributed by atoms with Crippen LogP contribution in [0.25, 0.3) is 0 Å². The minimum atomic E-state index is 0.361. The first-order valence-corrected chi connectivity index (χ1v) is 6.44. The van der Waals surface area contributed by atoms with E-state index in [2.05, 4.69) is 18.7 Å². The lowest BCUT2D eigenvalue weighted by atomic mass is 10.0. The third-order valence-electron chi connectivity index (χ3n) is 3.41. The summed E-state index contributed by atoms with van der Waals surface area (Å²) in [6, 6.07) is 5.89. The molecule has 1 atom stereocenters. The first-order chi connectivity index (χ1) is 8.26. The molecule has 1 heterocycles. The first kappa shape index (κ1) is 12.2. The molecule has 0 saturated carbocycles. The summed E-state index contributed by atoms with van der Waals surface area (Å²) < 4.78 is 5.74. The molecule has 0 aliphatic carbocycles. The van der Waals surface area contributed by atoms with Crippen LogP contribution in [0.2, 0.25) is 0 Å². The van der Waals surface area contributed by atoms with Gasteiger partial charge in [-0.1, -0.05) is 19.9 Å². The molecule has 0 amide bonds. The highest BCUT2D eigenvalue weighted by Gasteiger charge is 2.25. The summed E-state index contributed by atoms with van der Waals surface area (Å²) in [7, 11) is 0. The van der Waals surface area contributed by atoms with Gasteiger partial charge in [0.2, 0.25) is 0 Å². The van der Waals surface area contributed by atoms with Gasteiger partial charge in [-0.3, -0.25) is 4.90 Å². The van der Waals surface area contributed by atoms with Gasteiger partial charge in [-0.25, -0.2) is 0 Å². The summed E-state index contributed by atoms with van der Waals surface area (Å²) in [6.45, 7) is 7.22. The molecule has 0 fully saturated rings. The number of ether oxygens (including phenoxy) is 1. The molecule has 3 heteroatoms. The number of fused-ring (bicyclic) bond motifs is 1. The lowest BCUT2D eigenvalue weighted by molar-refractivity contribution is 0.123. The van der Waals surface area contributed by atoms with Crippen molar-refractivity contribution < 1.29 is 9.84 Å². The van der Waals surface area contributed by atoms with Crippen LogP contribution in [-0.4, -0.2) is 35.7 Å². The molecule has 0 aromatic heterocycles. The van der Waals surface area contributed by atoms with Gasteiger partial charge >= 0.3 is 0 Å². The lowest BCUT2D eigenvalue weighted by Crippen LogP contribution is -2.43. The Bertz CT molecular complexity index is 378. The predicted octanol–water partition coefficient (Wildman–Crippen LogP) is 2.43. The summed E-state index contributed by atoms with van der Waals surface area (Å²) in [5.41, 5.74) is 0.957. The highest BCUT2D eigenvalue weighted by Crippen LogP contribution is 2.33. The molecule has 1 aromatic carbocycles. The number of benzene rings is 1. The van der Waals surface area contributed by atoms with E-state index < -0.39 is 0 Å². The van der Waals surface area contributed by atoms with Crippen molar-refractivity contribution in [3.63, 3.8) is 0 Å². The highest BCUT2D eigenvalue weighted by atomic mass is 16.5. The highest BCUT2D eigenvalue weighted by molar-refractivity contribution is 5.45. The SMILES string of the molecule is CCCN(CC)C1COc2cccc(O)c2C1. The number of likely N-dealkylation sites (N-methyl/N-ethyl adjacent to an activating group) is 1. The van der Waals surface area contributed by atoms with E-state index >= 15 is 0 Å². The molecule has 0 bridgehead atoms. The molecular formula is C14H21NO2. The van der Waals surface area contributed by atoms with Crippen molar-refractivity contribution in [3.05, 3.63) is 23.8 Å². The van der Waals surface area contributed by atoms with Gasteiger partial charge in [0.05, 0.1) is 0 Å². The average molecular weight is 235 g/mol. The Morgan fingerprint density at radius 2 is 2.24 bits per heavy atom. The smallest absolute Gasteiger partial charge is 0.126 e. The Balaban J connectivity index is 2.14. The topological polar surface area (TPSA) is 32.7 Å². The fourth-order valence-electron chi connectivity index (χ4n) is 2.50. The van der Waals surface area contributed by atoms with E-state index in [4.69, 9.17) is 4.74 Å². The van der Waals surface area contributed by atoms with Crippen LogP contribution in [0.3, 0.4) is 0 Å². The van der Waals surface area contributed by atoms with Gasteiger partial charge in [-0.2, -0.15) is 0 Å². The molecule has 1 N–H and O–H groups in total. The summed E-state index contributed by atoms with van der Waals surface area (Å²) in [5, 5.41) is 9.86. The monoisotopic (exact) mass is 235 g/mol. The van der Waals surface area contributed by atoms with Crippen LogP contribution in [0.5, 0.6) is 11.5 Å². The van der Waals surface area contributed by atoms with Crippen LogP contribution in [0.1, 0.15) is 25.8 Å².